The molecular weight excluding hydrogens is 388 g/mol. The lowest BCUT2D eigenvalue weighted by Gasteiger charge is -2.17. The summed E-state index contributed by atoms with van der Waals surface area (Å²) >= 11 is 4.92. The quantitative estimate of drug-likeness (QED) is 0.253. The van der Waals surface area contributed by atoms with E-state index in [-0.39, 0.29) is 31.4 Å². The average molecular weight is 412 g/mol. The number of rotatable bonds is 12. The summed E-state index contributed by atoms with van der Waals surface area (Å²) in [6.45, 7) is 1.81. The zero-order valence-corrected chi connectivity index (χ0v) is 16.3. The molecule has 0 saturated carbocycles. The number of esters is 2. The van der Waals surface area contributed by atoms with Crippen LogP contribution in [0.3, 0.4) is 0 Å². The Balaban J connectivity index is 2.16. The molecule has 0 bridgehead atoms. The molecule has 1 aromatic rings. The second-order valence-electron chi connectivity index (χ2n) is 5.73. The van der Waals surface area contributed by atoms with Gasteiger partial charge in [0.15, 0.2) is 0 Å². The van der Waals surface area contributed by atoms with E-state index < -0.39 is 36.4 Å². The summed E-state index contributed by atoms with van der Waals surface area (Å²) in [5.41, 5.74) is 5.99. The molecule has 10 heteroatoms. The van der Waals surface area contributed by atoms with Gasteiger partial charge in [0.05, 0.1) is 36.2 Å². The van der Waals surface area contributed by atoms with Crippen LogP contribution in [0, 0.1) is 0 Å². The molecule has 0 amide bonds. The van der Waals surface area contributed by atoms with Gasteiger partial charge in [-0.25, -0.2) is 9.59 Å². The highest BCUT2D eigenvalue weighted by Crippen LogP contribution is 2.01. The van der Waals surface area contributed by atoms with Crippen molar-refractivity contribution in [3.05, 3.63) is 35.9 Å². The lowest BCUT2D eigenvalue weighted by Crippen LogP contribution is -2.47. The Bertz CT molecular complexity index is 667. The minimum Gasteiger partial charge on any atom is -0.480 e. The third kappa shape index (κ3) is 9.40. The molecule has 0 heterocycles. The SMILES string of the molecule is C[C@H](N)C(=S)N[C@@H](CC(=O)OCCOCCOC(=O)c1ccccc1)C(=O)O. The second kappa shape index (κ2) is 12.8. The van der Waals surface area contributed by atoms with Crippen molar-refractivity contribution in [2.24, 2.45) is 5.73 Å². The fourth-order valence-corrected chi connectivity index (χ4v) is 2.04. The van der Waals surface area contributed by atoms with Crippen LogP contribution in [-0.4, -0.2) is 66.5 Å². The largest absolute Gasteiger partial charge is 0.480 e. The molecule has 0 saturated heterocycles. The fraction of sp³-hybridized carbons (Fsp3) is 0.444. The maximum Gasteiger partial charge on any atom is 0.338 e. The highest BCUT2D eigenvalue weighted by Gasteiger charge is 2.23. The van der Waals surface area contributed by atoms with Crippen molar-refractivity contribution in [3.8, 4) is 0 Å². The van der Waals surface area contributed by atoms with E-state index in [1.807, 2.05) is 0 Å². The average Bonchev–Trinajstić information content (AvgIpc) is 2.66. The molecule has 1 rings (SSSR count). The van der Waals surface area contributed by atoms with E-state index >= 15 is 0 Å². The molecular formula is C18H24N2O7S. The van der Waals surface area contributed by atoms with Gasteiger partial charge in [0.25, 0.3) is 0 Å². The summed E-state index contributed by atoms with van der Waals surface area (Å²) in [5.74, 6) is -2.41. The Morgan fingerprint density at radius 1 is 1.11 bits per heavy atom. The number of hydrogen-bond donors (Lipinski definition) is 3. The van der Waals surface area contributed by atoms with Crippen molar-refractivity contribution in [2.75, 3.05) is 26.4 Å². The first-order valence-corrected chi connectivity index (χ1v) is 8.96. The standard InChI is InChI=1S/C18H24N2O7S/c1-12(19)16(28)20-14(17(22)23)11-15(21)26-9-7-25-8-10-27-18(24)13-5-3-2-4-6-13/h2-6,12,14H,7-11,19H2,1H3,(H,20,28)(H,22,23)/t12-,14-/m0/s1. The molecule has 0 unspecified atom stereocenters. The summed E-state index contributed by atoms with van der Waals surface area (Å²) in [4.78, 5) is 34.7. The van der Waals surface area contributed by atoms with Gasteiger partial charge < -0.3 is 30.4 Å². The molecule has 2 atom stereocenters. The van der Waals surface area contributed by atoms with Crippen LogP contribution in [0.4, 0.5) is 0 Å². The van der Waals surface area contributed by atoms with Crippen molar-refractivity contribution in [3.63, 3.8) is 0 Å². The molecule has 154 valence electrons. The molecule has 0 aromatic heterocycles. The molecule has 0 aliphatic carbocycles. The zero-order valence-electron chi connectivity index (χ0n) is 15.5. The third-order valence-corrected chi connectivity index (χ3v) is 3.85. The number of nitrogens with two attached hydrogens (primary N) is 1. The highest BCUT2D eigenvalue weighted by atomic mass is 32.1. The third-order valence-electron chi connectivity index (χ3n) is 3.36. The fourth-order valence-electron chi connectivity index (χ4n) is 1.90. The smallest absolute Gasteiger partial charge is 0.338 e. The topological polar surface area (TPSA) is 137 Å². The van der Waals surface area contributed by atoms with Crippen LogP contribution in [0.25, 0.3) is 0 Å². The van der Waals surface area contributed by atoms with E-state index in [0.717, 1.165) is 0 Å². The van der Waals surface area contributed by atoms with Crippen molar-refractivity contribution in [1.29, 1.82) is 0 Å². The van der Waals surface area contributed by atoms with Gasteiger partial charge in [-0.15, -0.1) is 0 Å². The molecule has 0 aliphatic rings. The predicted molar refractivity (Wildman–Crippen MR) is 104 cm³/mol. The first-order valence-electron chi connectivity index (χ1n) is 8.55. The molecule has 1 aromatic carbocycles. The van der Waals surface area contributed by atoms with Crippen LogP contribution < -0.4 is 11.1 Å². The minimum absolute atomic E-state index is 0.0569. The lowest BCUT2D eigenvalue weighted by atomic mass is 10.2. The van der Waals surface area contributed by atoms with Crippen LogP contribution in [0.5, 0.6) is 0 Å². The van der Waals surface area contributed by atoms with Gasteiger partial charge in [-0.05, 0) is 19.1 Å². The normalized spacial score (nSPS) is 12.5. The van der Waals surface area contributed by atoms with Crippen LogP contribution in [0.2, 0.25) is 0 Å². The van der Waals surface area contributed by atoms with Gasteiger partial charge >= 0.3 is 17.9 Å². The molecule has 0 aliphatic heterocycles. The van der Waals surface area contributed by atoms with Crippen LogP contribution >= 0.6 is 12.2 Å². The van der Waals surface area contributed by atoms with Gasteiger partial charge in [0.2, 0.25) is 0 Å². The maximum absolute atomic E-state index is 11.7. The van der Waals surface area contributed by atoms with Gasteiger partial charge in [-0.1, -0.05) is 30.4 Å². The number of carbonyl (C=O) groups is 3. The highest BCUT2D eigenvalue weighted by molar-refractivity contribution is 7.80. The number of hydrogen-bond acceptors (Lipinski definition) is 8. The minimum atomic E-state index is -1.24. The van der Waals surface area contributed by atoms with Gasteiger partial charge in [0, 0.05) is 0 Å². The molecule has 0 fully saturated rings. The Morgan fingerprint density at radius 3 is 2.29 bits per heavy atom. The summed E-state index contributed by atoms with van der Waals surface area (Å²) < 4.78 is 15.1. The van der Waals surface area contributed by atoms with E-state index in [4.69, 9.17) is 37.3 Å². The Kier molecular flexibility index (Phi) is 10.7. The summed E-state index contributed by atoms with van der Waals surface area (Å²) in [6, 6.07) is 6.79. The molecule has 0 spiro atoms. The monoisotopic (exact) mass is 412 g/mol. The van der Waals surface area contributed by atoms with E-state index in [0.29, 0.717) is 5.56 Å². The van der Waals surface area contributed by atoms with Crippen molar-refractivity contribution in [1.82, 2.24) is 5.32 Å². The Hall–Kier alpha value is -2.56. The number of carboxylic acid groups (broad SMARTS) is 1. The van der Waals surface area contributed by atoms with E-state index in [1.165, 1.54) is 0 Å². The predicted octanol–water partition coefficient (Wildman–Crippen LogP) is 0.511. The maximum atomic E-state index is 11.7. The first kappa shape index (κ1) is 23.5. The number of ether oxygens (including phenoxy) is 3. The zero-order chi connectivity index (χ0) is 20.9. The van der Waals surface area contributed by atoms with Gasteiger partial charge in [0.1, 0.15) is 19.3 Å². The Labute approximate surface area is 168 Å². The number of aliphatic carboxylic acids is 1. The number of carbonyl (C=O) groups excluding carboxylic acids is 2. The van der Waals surface area contributed by atoms with E-state index in [9.17, 15) is 14.4 Å². The van der Waals surface area contributed by atoms with Crippen molar-refractivity contribution in [2.45, 2.75) is 25.4 Å². The lowest BCUT2D eigenvalue weighted by molar-refractivity contribution is -0.150. The molecule has 28 heavy (non-hydrogen) atoms. The number of nitrogens with one attached hydrogen (secondary N) is 1. The Morgan fingerprint density at radius 2 is 1.71 bits per heavy atom. The van der Waals surface area contributed by atoms with Crippen LogP contribution in [0.1, 0.15) is 23.7 Å². The number of carboxylic acids is 1. The molecule has 4 N–H and O–H groups in total. The summed E-state index contributed by atoms with van der Waals surface area (Å²) in [5, 5.41) is 11.6. The molecule has 9 nitrogen and oxygen atoms in total. The second-order valence-corrected chi connectivity index (χ2v) is 6.17. The first-order chi connectivity index (χ1) is 13.3. The van der Waals surface area contributed by atoms with Gasteiger partial charge in [-0.2, -0.15) is 0 Å². The molecule has 0 radical (unpaired) electrons. The van der Waals surface area contributed by atoms with Crippen molar-refractivity contribution >= 4 is 35.1 Å². The van der Waals surface area contributed by atoms with Crippen LogP contribution in [-0.2, 0) is 23.8 Å². The van der Waals surface area contributed by atoms with E-state index in [2.05, 4.69) is 5.32 Å². The van der Waals surface area contributed by atoms with Crippen molar-refractivity contribution < 1.29 is 33.7 Å². The van der Waals surface area contributed by atoms with E-state index in [1.54, 1.807) is 37.3 Å². The summed E-state index contributed by atoms with van der Waals surface area (Å²) in [6.07, 6.45) is -0.406. The van der Waals surface area contributed by atoms with Gasteiger partial charge in [-0.3, -0.25) is 4.79 Å². The summed E-state index contributed by atoms with van der Waals surface area (Å²) in [7, 11) is 0. The number of thiocarbonyl (C=S) groups is 1. The number of benzene rings is 1. The van der Waals surface area contributed by atoms with Crippen LogP contribution in [0.15, 0.2) is 30.3 Å².